The van der Waals surface area contributed by atoms with E-state index in [0.29, 0.717) is 23.4 Å². The summed E-state index contributed by atoms with van der Waals surface area (Å²) in [6, 6.07) is 7.69. The van der Waals surface area contributed by atoms with E-state index in [0.717, 1.165) is 5.69 Å². The second-order valence-electron chi connectivity index (χ2n) is 6.22. The lowest BCUT2D eigenvalue weighted by Crippen LogP contribution is -2.41. The third kappa shape index (κ3) is 3.63. The molecule has 0 aliphatic heterocycles. The molecule has 4 heteroatoms. The molecule has 0 radical (unpaired) electrons. The number of rotatable bonds is 7. The van der Waals surface area contributed by atoms with Gasteiger partial charge in [-0.25, -0.2) is 0 Å². The van der Waals surface area contributed by atoms with Gasteiger partial charge in [0.1, 0.15) is 0 Å². The lowest BCUT2D eigenvalue weighted by atomic mass is 10.1. The maximum absolute atomic E-state index is 12.1. The molecule has 0 atom stereocenters. The van der Waals surface area contributed by atoms with Gasteiger partial charge < -0.3 is 10.6 Å². The van der Waals surface area contributed by atoms with E-state index >= 15 is 0 Å². The number of nitrogens with one attached hydrogen (secondary N) is 2. The summed E-state index contributed by atoms with van der Waals surface area (Å²) in [7, 11) is 0. The summed E-state index contributed by atoms with van der Waals surface area (Å²) in [5.74, 6) is 1.43. The summed E-state index contributed by atoms with van der Waals surface area (Å²) in [6.45, 7) is 1.76. The van der Waals surface area contributed by atoms with Crippen molar-refractivity contribution in [2.45, 2.75) is 38.6 Å². The first-order chi connectivity index (χ1) is 10.1. The molecule has 2 aliphatic carbocycles. The molecule has 0 unspecified atom stereocenters. The minimum Gasteiger partial charge on any atom is -0.376 e. The van der Waals surface area contributed by atoms with Crippen LogP contribution in [0.15, 0.2) is 24.3 Å². The number of carbonyl (C=O) groups is 2. The Bertz CT molecular complexity index is 535. The molecular formula is C17H22N2O2. The van der Waals surface area contributed by atoms with Crippen LogP contribution in [0.5, 0.6) is 0 Å². The summed E-state index contributed by atoms with van der Waals surface area (Å²) in [5, 5.41) is 6.26. The fraction of sp³-hybridized carbons (Fsp3) is 0.529. The largest absolute Gasteiger partial charge is 0.376 e. The zero-order chi connectivity index (χ0) is 14.8. The van der Waals surface area contributed by atoms with E-state index in [-0.39, 0.29) is 18.2 Å². The number of Topliss-reactive ketones (excluding diaryl/α,β-unsaturated/α-hetero) is 1. The summed E-state index contributed by atoms with van der Waals surface area (Å²) in [5.41, 5.74) is 1.36. The Balaban J connectivity index is 1.54. The van der Waals surface area contributed by atoms with Crippen LogP contribution in [-0.4, -0.2) is 24.3 Å². The summed E-state index contributed by atoms with van der Waals surface area (Å²) < 4.78 is 0. The van der Waals surface area contributed by atoms with Gasteiger partial charge in [0, 0.05) is 17.3 Å². The van der Waals surface area contributed by atoms with Crippen LogP contribution in [0.3, 0.4) is 0 Å². The fourth-order valence-corrected chi connectivity index (χ4v) is 2.89. The highest BCUT2D eigenvalue weighted by atomic mass is 16.2. The van der Waals surface area contributed by atoms with Gasteiger partial charge in [0.15, 0.2) is 5.78 Å². The number of amides is 1. The van der Waals surface area contributed by atoms with Gasteiger partial charge in [-0.2, -0.15) is 0 Å². The molecule has 0 heterocycles. The van der Waals surface area contributed by atoms with E-state index in [2.05, 4.69) is 10.6 Å². The lowest BCUT2D eigenvalue weighted by molar-refractivity contribution is -0.120. The van der Waals surface area contributed by atoms with E-state index in [9.17, 15) is 9.59 Å². The molecule has 21 heavy (non-hydrogen) atoms. The smallest absolute Gasteiger partial charge is 0.239 e. The summed E-state index contributed by atoms with van der Waals surface area (Å²) in [6.07, 6.45) is 5.01. The van der Waals surface area contributed by atoms with Gasteiger partial charge in [0.05, 0.1) is 6.54 Å². The van der Waals surface area contributed by atoms with Gasteiger partial charge in [-0.05, 0) is 56.6 Å². The van der Waals surface area contributed by atoms with Crippen LogP contribution >= 0.6 is 0 Å². The molecule has 0 bridgehead atoms. The van der Waals surface area contributed by atoms with Crippen molar-refractivity contribution in [3.05, 3.63) is 29.8 Å². The van der Waals surface area contributed by atoms with Crippen molar-refractivity contribution >= 4 is 17.4 Å². The number of para-hydroxylation sites is 1. The number of carbonyl (C=O) groups excluding carboxylic acids is 2. The topological polar surface area (TPSA) is 58.2 Å². The summed E-state index contributed by atoms with van der Waals surface area (Å²) in [4.78, 5) is 23.7. The van der Waals surface area contributed by atoms with E-state index in [4.69, 9.17) is 0 Å². The average molecular weight is 286 g/mol. The Morgan fingerprint density at radius 3 is 2.33 bits per heavy atom. The maximum atomic E-state index is 12.1. The van der Waals surface area contributed by atoms with Crippen LogP contribution in [0.1, 0.15) is 43.0 Å². The van der Waals surface area contributed by atoms with E-state index in [1.807, 2.05) is 18.2 Å². The second-order valence-corrected chi connectivity index (χ2v) is 6.22. The number of ketones is 1. The van der Waals surface area contributed by atoms with Gasteiger partial charge in [-0.1, -0.05) is 12.1 Å². The van der Waals surface area contributed by atoms with Gasteiger partial charge >= 0.3 is 0 Å². The first-order valence-corrected chi connectivity index (χ1v) is 7.78. The molecule has 112 valence electrons. The van der Waals surface area contributed by atoms with Crippen LogP contribution in [0.4, 0.5) is 5.69 Å². The first-order valence-electron chi connectivity index (χ1n) is 7.78. The highest BCUT2D eigenvalue weighted by Gasteiger charge is 2.42. The zero-order valence-corrected chi connectivity index (χ0v) is 12.4. The molecule has 1 aromatic rings. The van der Waals surface area contributed by atoms with Crippen LogP contribution < -0.4 is 10.6 Å². The molecule has 0 aromatic heterocycles. The molecule has 1 amide bonds. The summed E-state index contributed by atoms with van der Waals surface area (Å²) >= 11 is 0. The van der Waals surface area contributed by atoms with Crippen LogP contribution in [0, 0.1) is 11.8 Å². The Hall–Kier alpha value is -1.84. The van der Waals surface area contributed by atoms with Crippen molar-refractivity contribution in [1.29, 1.82) is 0 Å². The molecule has 2 fully saturated rings. The van der Waals surface area contributed by atoms with Gasteiger partial charge in [0.25, 0.3) is 0 Å². The Kier molecular flexibility index (Phi) is 3.95. The van der Waals surface area contributed by atoms with Crippen molar-refractivity contribution in [3.8, 4) is 0 Å². The molecule has 2 N–H and O–H groups in total. The predicted molar refractivity (Wildman–Crippen MR) is 82.3 cm³/mol. The third-order valence-electron chi connectivity index (χ3n) is 4.33. The predicted octanol–water partition coefficient (Wildman–Crippen LogP) is 2.61. The Morgan fingerprint density at radius 2 is 1.76 bits per heavy atom. The average Bonchev–Trinajstić information content (AvgIpc) is 3.36. The number of benzene rings is 1. The Morgan fingerprint density at radius 1 is 1.14 bits per heavy atom. The first kappa shape index (κ1) is 14.1. The van der Waals surface area contributed by atoms with Crippen molar-refractivity contribution in [2.24, 2.45) is 11.8 Å². The number of hydrogen-bond donors (Lipinski definition) is 2. The van der Waals surface area contributed by atoms with E-state index < -0.39 is 0 Å². The molecular weight excluding hydrogens is 264 g/mol. The van der Waals surface area contributed by atoms with E-state index in [1.165, 1.54) is 32.6 Å². The SMILES string of the molecule is CC(=O)c1ccccc1NCC(=O)NC(C1CC1)C1CC1. The lowest BCUT2D eigenvalue weighted by Gasteiger charge is -2.18. The molecule has 2 aliphatic rings. The van der Waals surface area contributed by atoms with Gasteiger partial charge in [0.2, 0.25) is 5.91 Å². The van der Waals surface area contributed by atoms with Crippen molar-refractivity contribution in [2.75, 3.05) is 11.9 Å². The molecule has 1 aromatic carbocycles. The zero-order valence-electron chi connectivity index (χ0n) is 12.4. The minimum absolute atomic E-state index is 0.00680. The standard InChI is InChI=1S/C17H22N2O2/c1-11(20)14-4-2-3-5-15(14)18-10-16(21)19-17(12-6-7-12)13-8-9-13/h2-5,12-13,17-18H,6-10H2,1H3,(H,19,21). The highest BCUT2D eigenvalue weighted by Crippen LogP contribution is 2.44. The molecule has 4 nitrogen and oxygen atoms in total. The maximum Gasteiger partial charge on any atom is 0.239 e. The van der Waals surface area contributed by atoms with Crippen LogP contribution in [-0.2, 0) is 4.79 Å². The quantitative estimate of drug-likeness (QED) is 0.758. The normalized spacial score (nSPS) is 17.6. The third-order valence-corrected chi connectivity index (χ3v) is 4.33. The van der Waals surface area contributed by atoms with Crippen molar-refractivity contribution < 1.29 is 9.59 Å². The van der Waals surface area contributed by atoms with Crippen molar-refractivity contribution in [1.82, 2.24) is 5.32 Å². The van der Waals surface area contributed by atoms with Crippen LogP contribution in [0.2, 0.25) is 0 Å². The van der Waals surface area contributed by atoms with Crippen molar-refractivity contribution in [3.63, 3.8) is 0 Å². The highest BCUT2D eigenvalue weighted by molar-refractivity contribution is 6.00. The monoisotopic (exact) mass is 286 g/mol. The number of hydrogen-bond acceptors (Lipinski definition) is 3. The second kappa shape index (κ2) is 5.88. The number of anilines is 1. The van der Waals surface area contributed by atoms with Crippen LogP contribution in [0.25, 0.3) is 0 Å². The molecule has 0 spiro atoms. The fourth-order valence-electron chi connectivity index (χ4n) is 2.89. The Labute approximate surface area is 125 Å². The molecule has 3 rings (SSSR count). The minimum atomic E-state index is 0.00680. The van der Waals surface area contributed by atoms with E-state index in [1.54, 1.807) is 6.07 Å². The molecule has 2 saturated carbocycles. The molecule has 0 saturated heterocycles. The van der Waals surface area contributed by atoms with Gasteiger partial charge in [-0.3, -0.25) is 9.59 Å². The van der Waals surface area contributed by atoms with Gasteiger partial charge in [-0.15, -0.1) is 0 Å².